The topological polar surface area (TPSA) is 38.3 Å². The molecule has 0 aliphatic rings. The molecule has 0 heterocycles. The van der Waals surface area contributed by atoms with Crippen molar-refractivity contribution < 1.29 is 13.9 Å². The van der Waals surface area contributed by atoms with Crippen LogP contribution in [0.2, 0.25) is 0 Å². The molecule has 0 aliphatic carbocycles. The minimum atomic E-state index is -0.892. The van der Waals surface area contributed by atoms with Gasteiger partial charge >= 0.3 is 0 Å². The molecule has 0 saturated carbocycles. The average molecular weight is 197 g/mol. The van der Waals surface area contributed by atoms with Gasteiger partial charge < -0.3 is 10.1 Å². The van der Waals surface area contributed by atoms with Crippen LogP contribution in [0.15, 0.2) is 18.2 Å². The van der Waals surface area contributed by atoms with Gasteiger partial charge in [0.25, 0.3) is 5.91 Å². The van der Waals surface area contributed by atoms with Crippen molar-refractivity contribution in [1.82, 2.24) is 5.32 Å². The lowest BCUT2D eigenvalue weighted by molar-refractivity contribution is 0.0962. The molecular formula is C10H12FNO2. The van der Waals surface area contributed by atoms with Crippen LogP contribution < -0.4 is 10.1 Å². The maximum absolute atomic E-state index is 11.9. The Balaban J connectivity index is 3.00. The zero-order valence-electron chi connectivity index (χ0n) is 8.13. The van der Waals surface area contributed by atoms with Crippen LogP contribution >= 0.6 is 0 Å². The Morgan fingerprint density at radius 2 is 2.21 bits per heavy atom. The highest BCUT2D eigenvalue weighted by atomic mass is 19.1. The van der Waals surface area contributed by atoms with Gasteiger partial charge in [-0.15, -0.1) is 0 Å². The maximum Gasteiger partial charge on any atom is 0.251 e. The number of alkyl halides is 1. The molecule has 0 fully saturated rings. The maximum atomic E-state index is 11.9. The summed E-state index contributed by atoms with van der Waals surface area (Å²) in [5.41, 5.74) is 1.32. The first-order valence-corrected chi connectivity index (χ1v) is 4.20. The molecule has 1 N–H and O–H groups in total. The molecule has 0 atom stereocenters. The van der Waals surface area contributed by atoms with Crippen LogP contribution in [0, 0.1) is 6.92 Å². The number of amides is 1. The molecule has 0 saturated heterocycles. The second kappa shape index (κ2) is 4.60. The number of carbonyl (C=O) groups is 1. The first-order chi connectivity index (χ1) is 6.67. The van der Waals surface area contributed by atoms with E-state index in [1.807, 2.05) is 6.92 Å². The van der Waals surface area contributed by atoms with E-state index in [0.717, 1.165) is 5.56 Å². The van der Waals surface area contributed by atoms with Crippen molar-refractivity contribution in [2.24, 2.45) is 0 Å². The van der Waals surface area contributed by atoms with Crippen molar-refractivity contribution in [2.45, 2.75) is 6.92 Å². The summed E-state index contributed by atoms with van der Waals surface area (Å²) in [6.45, 7) is 0.925. The Hall–Kier alpha value is -1.58. The highest BCUT2D eigenvalue weighted by Crippen LogP contribution is 2.16. The number of hydrogen-bond donors (Lipinski definition) is 1. The van der Waals surface area contributed by atoms with Crippen LogP contribution in [0.25, 0.3) is 0 Å². The van der Waals surface area contributed by atoms with Gasteiger partial charge in [-0.3, -0.25) is 4.79 Å². The smallest absolute Gasteiger partial charge is 0.251 e. The van der Waals surface area contributed by atoms with Crippen LogP contribution in [0.3, 0.4) is 0 Å². The normalized spacial score (nSPS) is 9.64. The van der Waals surface area contributed by atoms with Crippen molar-refractivity contribution in [3.63, 3.8) is 0 Å². The zero-order chi connectivity index (χ0) is 10.6. The molecule has 0 unspecified atom stereocenters. The van der Waals surface area contributed by atoms with Crippen molar-refractivity contribution in [2.75, 3.05) is 13.9 Å². The van der Waals surface area contributed by atoms with Gasteiger partial charge in [0, 0.05) is 12.6 Å². The number of carbonyl (C=O) groups excluding carboxylic acids is 1. The van der Waals surface area contributed by atoms with E-state index >= 15 is 0 Å². The van der Waals surface area contributed by atoms with Gasteiger partial charge in [0.1, 0.15) is 5.75 Å². The summed E-state index contributed by atoms with van der Waals surface area (Å²) >= 11 is 0. The lowest BCUT2D eigenvalue weighted by Gasteiger charge is -2.05. The predicted octanol–water partition coefficient (Wildman–Crippen LogP) is 1.66. The average Bonchev–Trinajstić information content (AvgIpc) is 2.16. The lowest BCUT2D eigenvalue weighted by atomic mass is 10.1. The molecule has 0 aliphatic heterocycles. The Labute approximate surface area is 81.9 Å². The molecule has 0 aromatic heterocycles. The highest BCUT2D eigenvalue weighted by Gasteiger charge is 2.05. The monoisotopic (exact) mass is 197 g/mol. The van der Waals surface area contributed by atoms with Crippen LogP contribution in [0.5, 0.6) is 5.75 Å². The van der Waals surface area contributed by atoms with Gasteiger partial charge in [0.05, 0.1) is 0 Å². The van der Waals surface area contributed by atoms with Crippen molar-refractivity contribution >= 4 is 5.91 Å². The summed E-state index contributed by atoms with van der Waals surface area (Å²) < 4.78 is 16.6. The van der Waals surface area contributed by atoms with Gasteiger partial charge in [-0.1, -0.05) is 0 Å². The Kier molecular flexibility index (Phi) is 3.45. The third-order valence-electron chi connectivity index (χ3n) is 1.76. The molecule has 1 amide bonds. The van der Waals surface area contributed by atoms with E-state index in [1.165, 1.54) is 6.07 Å². The third-order valence-corrected chi connectivity index (χ3v) is 1.76. The third kappa shape index (κ3) is 2.45. The fraction of sp³-hybridized carbons (Fsp3) is 0.300. The molecule has 0 spiro atoms. The Morgan fingerprint density at radius 3 is 2.79 bits per heavy atom. The molecule has 1 aromatic carbocycles. The van der Waals surface area contributed by atoms with E-state index < -0.39 is 6.86 Å². The molecule has 0 bridgehead atoms. The summed E-state index contributed by atoms with van der Waals surface area (Å²) in [5, 5.41) is 2.49. The van der Waals surface area contributed by atoms with Crippen LogP contribution in [-0.4, -0.2) is 19.8 Å². The molecular weight excluding hydrogens is 185 g/mol. The SMILES string of the molecule is CNC(=O)c1cc(C)cc(OCF)c1. The Bertz CT molecular complexity index is 339. The Morgan fingerprint density at radius 1 is 1.50 bits per heavy atom. The second-order valence-corrected chi connectivity index (χ2v) is 2.87. The number of aryl methyl sites for hydroxylation is 1. The first-order valence-electron chi connectivity index (χ1n) is 4.20. The molecule has 1 aromatic rings. The zero-order valence-corrected chi connectivity index (χ0v) is 8.13. The van der Waals surface area contributed by atoms with Gasteiger partial charge in [-0.05, 0) is 30.7 Å². The van der Waals surface area contributed by atoms with Gasteiger partial charge in [-0.25, -0.2) is 4.39 Å². The second-order valence-electron chi connectivity index (χ2n) is 2.87. The molecule has 1 rings (SSSR count). The molecule has 3 nitrogen and oxygen atoms in total. The van der Waals surface area contributed by atoms with Gasteiger partial charge in [-0.2, -0.15) is 0 Å². The number of hydrogen-bond acceptors (Lipinski definition) is 2. The number of ether oxygens (including phenoxy) is 1. The number of rotatable bonds is 3. The fourth-order valence-corrected chi connectivity index (χ4v) is 1.17. The van der Waals surface area contributed by atoms with E-state index in [4.69, 9.17) is 0 Å². The number of halogens is 1. The minimum Gasteiger partial charge on any atom is -0.463 e. The van der Waals surface area contributed by atoms with Crippen LogP contribution in [-0.2, 0) is 0 Å². The first kappa shape index (κ1) is 10.5. The van der Waals surface area contributed by atoms with Gasteiger partial charge in [0.15, 0.2) is 0 Å². The summed E-state index contributed by atoms with van der Waals surface area (Å²) in [6.07, 6.45) is 0. The van der Waals surface area contributed by atoms with Gasteiger partial charge in [0.2, 0.25) is 6.86 Å². The molecule has 4 heteroatoms. The van der Waals surface area contributed by atoms with Crippen molar-refractivity contribution in [3.8, 4) is 5.75 Å². The predicted molar refractivity (Wildman–Crippen MR) is 51.2 cm³/mol. The van der Waals surface area contributed by atoms with E-state index in [-0.39, 0.29) is 5.91 Å². The van der Waals surface area contributed by atoms with E-state index in [1.54, 1.807) is 19.2 Å². The largest absolute Gasteiger partial charge is 0.463 e. The lowest BCUT2D eigenvalue weighted by Crippen LogP contribution is -2.17. The van der Waals surface area contributed by atoms with E-state index in [2.05, 4.69) is 10.1 Å². The fourth-order valence-electron chi connectivity index (χ4n) is 1.17. The van der Waals surface area contributed by atoms with E-state index in [9.17, 15) is 9.18 Å². The highest BCUT2D eigenvalue weighted by molar-refractivity contribution is 5.94. The van der Waals surface area contributed by atoms with Crippen LogP contribution in [0.4, 0.5) is 4.39 Å². The summed E-state index contributed by atoms with van der Waals surface area (Å²) in [5.74, 6) is 0.156. The van der Waals surface area contributed by atoms with Crippen molar-refractivity contribution in [1.29, 1.82) is 0 Å². The molecule has 0 radical (unpaired) electrons. The number of nitrogens with one attached hydrogen (secondary N) is 1. The quantitative estimate of drug-likeness (QED) is 0.800. The standard InChI is InChI=1S/C10H12FNO2/c1-7-3-8(10(13)12-2)5-9(4-7)14-6-11/h3-5H,6H2,1-2H3,(H,12,13). The van der Waals surface area contributed by atoms with Crippen LogP contribution in [0.1, 0.15) is 15.9 Å². The summed E-state index contributed by atoms with van der Waals surface area (Å²) in [4.78, 5) is 11.3. The molecule has 14 heavy (non-hydrogen) atoms. The number of benzene rings is 1. The minimum absolute atomic E-state index is 0.211. The summed E-state index contributed by atoms with van der Waals surface area (Å²) in [6, 6.07) is 4.89. The van der Waals surface area contributed by atoms with E-state index in [0.29, 0.717) is 11.3 Å². The van der Waals surface area contributed by atoms with Crippen molar-refractivity contribution in [3.05, 3.63) is 29.3 Å². The summed E-state index contributed by atoms with van der Waals surface area (Å²) in [7, 11) is 1.54. The molecule has 76 valence electrons.